The van der Waals surface area contributed by atoms with E-state index in [0.29, 0.717) is 6.61 Å². The third kappa shape index (κ3) is 3.21. The van der Waals surface area contributed by atoms with Gasteiger partial charge in [0.05, 0.1) is 11.7 Å². The van der Waals surface area contributed by atoms with E-state index in [4.69, 9.17) is 4.74 Å². The molecule has 2 rings (SSSR count). The second kappa shape index (κ2) is 5.68. The molecule has 0 spiro atoms. The zero-order chi connectivity index (χ0) is 12.3. The average Bonchev–Trinajstić information content (AvgIpc) is 2.30. The Labute approximate surface area is 105 Å². The fourth-order valence-corrected chi connectivity index (χ4v) is 3.30. The molecule has 2 N–H and O–H groups in total. The minimum absolute atomic E-state index is 0.262. The number of piperidine rings is 1. The Morgan fingerprint density at radius 2 is 2.29 bits per heavy atom. The monoisotopic (exact) mass is 241 g/mol. The molecule has 4 atom stereocenters. The summed E-state index contributed by atoms with van der Waals surface area (Å²) in [6.07, 6.45) is 6.41. The van der Waals surface area contributed by atoms with Gasteiger partial charge in [-0.25, -0.2) is 0 Å². The summed E-state index contributed by atoms with van der Waals surface area (Å²) in [5, 5.41) is 14.4. The Balaban J connectivity index is 1.96. The van der Waals surface area contributed by atoms with Crippen molar-refractivity contribution in [1.29, 1.82) is 0 Å². The molecule has 0 aliphatic carbocycles. The highest BCUT2D eigenvalue weighted by atomic mass is 16.5. The molecule has 17 heavy (non-hydrogen) atoms. The first-order chi connectivity index (χ1) is 8.14. The lowest BCUT2D eigenvalue weighted by Crippen LogP contribution is -2.57. The maximum atomic E-state index is 10.9. The van der Waals surface area contributed by atoms with E-state index in [2.05, 4.69) is 19.2 Å². The van der Waals surface area contributed by atoms with Gasteiger partial charge in [0.1, 0.15) is 0 Å². The molecule has 2 fully saturated rings. The van der Waals surface area contributed by atoms with Crippen molar-refractivity contribution >= 4 is 0 Å². The minimum Gasteiger partial charge on any atom is -0.388 e. The highest BCUT2D eigenvalue weighted by Gasteiger charge is 2.42. The maximum Gasteiger partial charge on any atom is 0.0846 e. The molecule has 3 heteroatoms. The Kier molecular flexibility index (Phi) is 4.45. The molecule has 0 saturated carbocycles. The van der Waals surface area contributed by atoms with Gasteiger partial charge in [0.15, 0.2) is 0 Å². The van der Waals surface area contributed by atoms with Crippen LogP contribution in [0.2, 0.25) is 0 Å². The third-order valence-electron chi connectivity index (χ3n) is 4.39. The molecule has 0 bridgehead atoms. The van der Waals surface area contributed by atoms with Crippen LogP contribution >= 0.6 is 0 Å². The maximum absolute atomic E-state index is 10.9. The van der Waals surface area contributed by atoms with Crippen molar-refractivity contribution < 1.29 is 9.84 Å². The summed E-state index contributed by atoms with van der Waals surface area (Å²) in [4.78, 5) is 0. The van der Waals surface area contributed by atoms with Gasteiger partial charge in [0, 0.05) is 25.5 Å². The Morgan fingerprint density at radius 1 is 1.47 bits per heavy atom. The highest BCUT2D eigenvalue weighted by molar-refractivity contribution is 4.97. The number of aliphatic hydroxyl groups is 1. The van der Waals surface area contributed by atoms with Crippen molar-refractivity contribution in [2.24, 2.45) is 5.92 Å². The van der Waals surface area contributed by atoms with Gasteiger partial charge in [-0.2, -0.15) is 0 Å². The van der Waals surface area contributed by atoms with Gasteiger partial charge in [-0.15, -0.1) is 0 Å². The Hall–Kier alpha value is -0.120. The average molecular weight is 241 g/mol. The summed E-state index contributed by atoms with van der Waals surface area (Å²) in [7, 11) is 0. The normalized spacial score (nSPS) is 43.6. The summed E-state index contributed by atoms with van der Waals surface area (Å²) < 4.78 is 5.74. The Morgan fingerprint density at radius 3 is 3.00 bits per heavy atom. The van der Waals surface area contributed by atoms with Crippen LogP contribution in [-0.2, 0) is 4.74 Å². The van der Waals surface area contributed by atoms with E-state index in [0.717, 1.165) is 44.6 Å². The van der Waals surface area contributed by atoms with Crippen molar-refractivity contribution in [1.82, 2.24) is 5.32 Å². The predicted octanol–water partition coefficient (Wildman–Crippen LogP) is 2.08. The number of hydrogen-bond acceptors (Lipinski definition) is 3. The van der Waals surface area contributed by atoms with E-state index in [1.807, 2.05) is 0 Å². The van der Waals surface area contributed by atoms with Crippen LogP contribution in [0.5, 0.6) is 0 Å². The smallest absolute Gasteiger partial charge is 0.0846 e. The van der Waals surface area contributed by atoms with Crippen molar-refractivity contribution in [3.8, 4) is 0 Å². The van der Waals surface area contributed by atoms with E-state index in [9.17, 15) is 5.11 Å². The SMILES string of the molecule is CCCC1CC(O)(C2CC(C)CCN2)CCO1. The lowest BCUT2D eigenvalue weighted by atomic mass is 9.77. The summed E-state index contributed by atoms with van der Waals surface area (Å²) in [6, 6.07) is 0.273. The summed E-state index contributed by atoms with van der Waals surface area (Å²) in [5.41, 5.74) is -0.535. The van der Waals surface area contributed by atoms with Crippen LogP contribution in [0, 0.1) is 5.92 Å². The minimum atomic E-state index is -0.535. The van der Waals surface area contributed by atoms with Gasteiger partial charge in [-0.3, -0.25) is 0 Å². The molecule has 0 radical (unpaired) electrons. The molecule has 100 valence electrons. The zero-order valence-electron chi connectivity index (χ0n) is 11.2. The van der Waals surface area contributed by atoms with Crippen molar-refractivity contribution in [2.45, 2.75) is 70.1 Å². The van der Waals surface area contributed by atoms with Crippen LogP contribution < -0.4 is 5.32 Å². The van der Waals surface area contributed by atoms with Gasteiger partial charge >= 0.3 is 0 Å². The van der Waals surface area contributed by atoms with Crippen LogP contribution in [0.3, 0.4) is 0 Å². The standard InChI is InChI=1S/C14H27NO2/c1-3-4-12-10-14(16,6-8-17-12)13-9-11(2)5-7-15-13/h11-13,15-16H,3-10H2,1-2H3. The lowest BCUT2D eigenvalue weighted by molar-refractivity contribution is -0.127. The number of nitrogens with one attached hydrogen (secondary N) is 1. The summed E-state index contributed by atoms with van der Waals surface area (Å²) in [5.74, 6) is 0.734. The molecule has 3 nitrogen and oxygen atoms in total. The van der Waals surface area contributed by atoms with Crippen LogP contribution in [-0.4, -0.2) is 36.0 Å². The van der Waals surface area contributed by atoms with E-state index < -0.39 is 5.60 Å². The van der Waals surface area contributed by atoms with Gasteiger partial charge in [0.25, 0.3) is 0 Å². The van der Waals surface area contributed by atoms with Crippen molar-refractivity contribution in [3.05, 3.63) is 0 Å². The molecule has 2 aliphatic rings. The van der Waals surface area contributed by atoms with Gasteiger partial charge in [0.2, 0.25) is 0 Å². The molecular formula is C14H27NO2. The lowest BCUT2D eigenvalue weighted by Gasteiger charge is -2.45. The van der Waals surface area contributed by atoms with E-state index in [1.165, 1.54) is 6.42 Å². The molecule has 0 amide bonds. The fourth-order valence-electron chi connectivity index (χ4n) is 3.30. The summed E-state index contributed by atoms with van der Waals surface area (Å²) >= 11 is 0. The van der Waals surface area contributed by atoms with Crippen LogP contribution in [0.1, 0.15) is 52.4 Å². The second-order valence-corrected chi connectivity index (χ2v) is 5.98. The Bertz CT molecular complexity index is 244. The molecule has 2 saturated heterocycles. The highest BCUT2D eigenvalue weighted by Crippen LogP contribution is 2.34. The van der Waals surface area contributed by atoms with Crippen LogP contribution in [0.15, 0.2) is 0 Å². The fraction of sp³-hybridized carbons (Fsp3) is 1.00. The molecule has 0 aromatic heterocycles. The topological polar surface area (TPSA) is 41.5 Å². The molecule has 2 aliphatic heterocycles. The van der Waals surface area contributed by atoms with E-state index >= 15 is 0 Å². The van der Waals surface area contributed by atoms with E-state index in [1.54, 1.807) is 0 Å². The summed E-state index contributed by atoms with van der Waals surface area (Å²) in [6.45, 7) is 6.24. The molecule has 4 unspecified atom stereocenters. The van der Waals surface area contributed by atoms with E-state index in [-0.39, 0.29) is 12.1 Å². The van der Waals surface area contributed by atoms with Crippen LogP contribution in [0.4, 0.5) is 0 Å². The number of rotatable bonds is 3. The van der Waals surface area contributed by atoms with Gasteiger partial charge in [-0.1, -0.05) is 20.3 Å². The first kappa shape index (κ1) is 13.3. The predicted molar refractivity (Wildman–Crippen MR) is 69.0 cm³/mol. The molecule has 0 aromatic carbocycles. The second-order valence-electron chi connectivity index (χ2n) is 5.98. The van der Waals surface area contributed by atoms with Crippen LogP contribution in [0.25, 0.3) is 0 Å². The third-order valence-corrected chi connectivity index (χ3v) is 4.39. The molecular weight excluding hydrogens is 214 g/mol. The number of hydrogen-bond donors (Lipinski definition) is 2. The largest absolute Gasteiger partial charge is 0.388 e. The van der Waals surface area contributed by atoms with Gasteiger partial charge in [-0.05, 0) is 31.7 Å². The van der Waals surface area contributed by atoms with Gasteiger partial charge < -0.3 is 15.2 Å². The molecule has 2 heterocycles. The van der Waals surface area contributed by atoms with Crippen molar-refractivity contribution in [2.75, 3.05) is 13.2 Å². The van der Waals surface area contributed by atoms with Crippen molar-refractivity contribution in [3.63, 3.8) is 0 Å². The zero-order valence-corrected chi connectivity index (χ0v) is 11.2. The first-order valence-corrected chi connectivity index (χ1v) is 7.21. The number of ether oxygens (including phenoxy) is 1. The quantitative estimate of drug-likeness (QED) is 0.795. The molecule has 0 aromatic rings. The first-order valence-electron chi connectivity index (χ1n) is 7.21.